The maximum atomic E-state index is 13.3. The SMILES string of the molecule is C#CCOc1ccc(/C=C2\SC(=Nc3ccc(Cl)cc3)N(c3ccc(Cl)cc3)C2=O)cc1. The van der Waals surface area contributed by atoms with E-state index in [9.17, 15) is 4.79 Å². The van der Waals surface area contributed by atoms with Crippen LogP contribution in [0.25, 0.3) is 6.08 Å². The van der Waals surface area contributed by atoms with Crippen molar-refractivity contribution in [1.82, 2.24) is 0 Å². The number of halogens is 2. The number of rotatable bonds is 5. The fourth-order valence-electron chi connectivity index (χ4n) is 2.93. The van der Waals surface area contributed by atoms with Gasteiger partial charge in [0.2, 0.25) is 0 Å². The van der Waals surface area contributed by atoms with Crippen LogP contribution in [0.15, 0.2) is 82.7 Å². The normalized spacial score (nSPS) is 15.9. The van der Waals surface area contributed by atoms with Gasteiger partial charge in [0.15, 0.2) is 5.17 Å². The predicted octanol–water partition coefficient (Wildman–Crippen LogP) is 6.81. The summed E-state index contributed by atoms with van der Waals surface area (Å²) in [6.45, 7) is 0.204. The van der Waals surface area contributed by atoms with E-state index in [-0.39, 0.29) is 12.5 Å². The van der Waals surface area contributed by atoms with Crippen molar-refractivity contribution in [3.05, 3.63) is 93.3 Å². The monoisotopic (exact) mass is 478 g/mol. The van der Waals surface area contributed by atoms with Crippen LogP contribution in [0.1, 0.15) is 5.56 Å². The molecule has 0 radical (unpaired) electrons. The first-order valence-corrected chi connectivity index (χ1v) is 11.1. The maximum absolute atomic E-state index is 13.3. The van der Waals surface area contributed by atoms with Gasteiger partial charge in [-0.3, -0.25) is 9.69 Å². The standard InChI is InChI=1S/C25H16Cl2N2O2S/c1-2-15-31-22-13-3-17(4-14-22)16-23-24(30)29(21-11-7-19(27)8-12-21)25(32-23)28-20-9-5-18(26)6-10-20/h1,3-14,16H,15H2/b23-16-,28-25?. The van der Waals surface area contributed by atoms with Crippen LogP contribution in [0, 0.1) is 12.3 Å². The molecule has 0 bridgehead atoms. The summed E-state index contributed by atoms with van der Waals surface area (Å²) in [5, 5.41) is 1.75. The number of thioether (sulfide) groups is 1. The first-order valence-electron chi connectivity index (χ1n) is 9.53. The molecule has 3 aromatic rings. The van der Waals surface area contributed by atoms with E-state index in [1.165, 1.54) is 11.8 Å². The van der Waals surface area contributed by atoms with Crippen LogP contribution < -0.4 is 9.64 Å². The van der Waals surface area contributed by atoms with Gasteiger partial charge in [0.1, 0.15) is 12.4 Å². The smallest absolute Gasteiger partial charge is 0.271 e. The zero-order valence-corrected chi connectivity index (χ0v) is 19.0. The largest absolute Gasteiger partial charge is 0.481 e. The molecule has 158 valence electrons. The summed E-state index contributed by atoms with van der Waals surface area (Å²) in [6, 6.07) is 21.6. The summed E-state index contributed by atoms with van der Waals surface area (Å²) in [4.78, 5) is 20.1. The molecule has 1 saturated heterocycles. The van der Waals surface area contributed by atoms with E-state index in [1.807, 2.05) is 30.3 Å². The van der Waals surface area contributed by atoms with Crippen molar-refractivity contribution in [1.29, 1.82) is 0 Å². The van der Waals surface area contributed by atoms with Gasteiger partial charge in [-0.1, -0.05) is 41.3 Å². The van der Waals surface area contributed by atoms with Gasteiger partial charge in [-0.05, 0) is 84.1 Å². The van der Waals surface area contributed by atoms with Crippen molar-refractivity contribution in [3.8, 4) is 18.1 Å². The molecule has 0 N–H and O–H groups in total. The van der Waals surface area contributed by atoms with Gasteiger partial charge in [-0.25, -0.2) is 4.99 Å². The minimum atomic E-state index is -0.169. The number of hydrogen-bond acceptors (Lipinski definition) is 4. The number of anilines is 1. The molecular formula is C25H16Cl2N2O2S. The van der Waals surface area contributed by atoms with Gasteiger partial charge in [-0.15, -0.1) is 6.42 Å². The summed E-state index contributed by atoms with van der Waals surface area (Å²) in [6.07, 6.45) is 7.05. The van der Waals surface area contributed by atoms with Crippen molar-refractivity contribution >= 4 is 63.5 Å². The van der Waals surface area contributed by atoms with E-state index in [0.717, 1.165) is 5.56 Å². The molecule has 0 atom stereocenters. The molecule has 1 heterocycles. The van der Waals surface area contributed by atoms with Crippen molar-refractivity contribution in [2.45, 2.75) is 0 Å². The lowest BCUT2D eigenvalue weighted by Gasteiger charge is -2.15. The Labute approximate surface area is 200 Å². The molecule has 4 rings (SSSR count). The molecule has 7 heteroatoms. The number of ether oxygens (including phenoxy) is 1. The molecule has 0 saturated carbocycles. The lowest BCUT2D eigenvalue weighted by atomic mass is 10.2. The quantitative estimate of drug-likeness (QED) is 0.298. The van der Waals surface area contributed by atoms with Crippen LogP contribution in [-0.2, 0) is 4.79 Å². The van der Waals surface area contributed by atoms with E-state index in [1.54, 1.807) is 53.4 Å². The van der Waals surface area contributed by atoms with E-state index in [2.05, 4.69) is 10.9 Å². The zero-order chi connectivity index (χ0) is 22.5. The lowest BCUT2D eigenvalue weighted by molar-refractivity contribution is -0.113. The molecule has 1 amide bonds. The first-order chi connectivity index (χ1) is 15.5. The van der Waals surface area contributed by atoms with Crippen LogP contribution >= 0.6 is 35.0 Å². The highest BCUT2D eigenvalue weighted by atomic mass is 35.5. The van der Waals surface area contributed by atoms with E-state index in [0.29, 0.717) is 37.2 Å². The molecule has 0 spiro atoms. The first kappa shape index (κ1) is 22.0. The molecule has 1 aliphatic rings. The third kappa shape index (κ3) is 5.17. The molecule has 1 aliphatic heterocycles. The number of carbonyl (C=O) groups excluding carboxylic acids is 1. The fourth-order valence-corrected chi connectivity index (χ4v) is 4.18. The van der Waals surface area contributed by atoms with Crippen molar-refractivity contribution in [2.75, 3.05) is 11.5 Å². The number of amidine groups is 1. The molecule has 1 fully saturated rings. The average molecular weight is 479 g/mol. The Balaban J connectivity index is 1.68. The fraction of sp³-hybridized carbons (Fsp3) is 0.0400. The highest BCUT2D eigenvalue weighted by Gasteiger charge is 2.34. The van der Waals surface area contributed by atoms with Gasteiger partial charge in [0, 0.05) is 10.0 Å². The maximum Gasteiger partial charge on any atom is 0.271 e. The second-order valence-corrected chi connectivity index (χ2v) is 8.54. The minimum Gasteiger partial charge on any atom is -0.481 e. The minimum absolute atomic E-state index is 0.169. The number of benzene rings is 3. The van der Waals surface area contributed by atoms with Gasteiger partial charge in [0.05, 0.1) is 16.3 Å². The molecule has 0 aliphatic carbocycles. The van der Waals surface area contributed by atoms with Crippen molar-refractivity contribution in [3.63, 3.8) is 0 Å². The van der Waals surface area contributed by atoms with Crippen LogP contribution in [-0.4, -0.2) is 17.7 Å². The highest BCUT2D eigenvalue weighted by Crippen LogP contribution is 2.37. The number of carbonyl (C=O) groups is 1. The Bertz CT molecular complexity index is 1230. The molecular weight excluding hydrogens is 463 g/mol. The molecule has 0 aromatic heterocycles. The Morgan fingerprint density at radius 1 is 0.969 bits per heavy atom. The van der Waals surface area contributed by atoms with Gasteiger partial charge < -0.3 is 4.74 Å². The molecule has 4 nitrogen and oxygen atoms in total. The molecule has 3 aromatic carbocycles. The second-order valence-electron chi connectivity index (χ2n) is 6.66. The number of hydrogen-bond donors (Lipinski definition) is 0. The Morgan fingerprint density at radius 2 is 1.59 bits per heavy atom. The van der Waals surface area contributed by atoms with E-state index >= 15 is 0 Å². The lowest BCUT2D eigenvalue weighted by Crippen LogP contribution is -2.28. The predicted molar refractivity (Wildman–Crippen MR) is 134 cm³/mol. The number of terminal acetylenes is 1. The summed E-state index contributed by atoms with van der Waals surface area (Å²) >= 11 is 13.3. The summed E-state index contributed by atoms with van der Waals surface area (Å²) in [5.74, 6) is 2.93. The highest BCUT2D eigenvalue weighted by molar-refractivity contribution is 8.19. The van der Waals surface area contributed by atoms with Gasteiger partial charge in [-0.2, -0.15) is 0 Å². The van der Waals surface area contributed by atoms with E-state index < -0.39 is 0 Å². The third-order valence-electron chi connectivity index (χ3n) is 4.44. The van der Waals surface area contributed by atoms with Crippen molar-refractivity contribution in [2.24, 2.45) is 4.99 Å². The third-order valence-corrected chi connectivity index (χ3v) is 5.92. The van der Waals surface area contributed by atoms with Crippen LogP contribution in [0.5, 0.6) is 5.75 Å². The number of nitrogens with zero attached hydrogens (tertiary/aromatic N) is 2. The van der Waals surface area contributed by atoms with Crippen LogP contribution in [0.4, 0.5) is 11.4 Å². The summed E-state index contributed by atoms with van der Waals surface area (Å²) < 4.78 is 5.40. The zero-order valence-electron chi connectivity index (χ0n) is 16.7. The summed E-state index contributed by atoms with van der Waals surface area (Å²) in [7, 11) is 0. The number of aliphatic imine (C=N–C) groups is 1. The average Bonchev–Trinajstić information content (AvgIpc) is 3.10. The van der Waals surface area contributed by atoms with E-state index in [4.69, 9.17) is 34.4 Å². The number of amides is 1. The van der Waals surface area contributed by atoms with Gasteiger partial charge >= 0.3 is 0 Å². The van der Waals surface area contributed by atoms with Crippen molar-refractivity contribution < 1.29 is 9.53 Å². The summed E-state index contributed by atoms with van der Waals surface area (Å²) in [5.41, 5.74) is 2.23. The Kier molecular flexibility index (Phi) is 6.87. The second kappa shape index (κ2) is 9.97. The van der Waals surface area contributed by atoms with Gasteiger partial charge in [0.25, 0.3) is 5.91 Å². The Hall–Kier alpha value is -3.17. The van der Waals surface area contributed by atoms with Crippen LogP contribution in [0.2, 0.25) is 10.0 Å². The Morgan fingerprint density at radius 3 is 2.22 bits per heavy atom. The molecule has 0 unspecified atom stereocenters. The topological polar surface area (TPSA) is 41.9 Å². The van der Waals surface area contributed by atoms with Crippen LogP contribution in [0.3, 0.4) is 0 Å². The molecule has 32 heavy (non-hydrogen) atoms.